The number of amides is 1. The van der Waals surface area contributed by atoms with Crippen molar-refractivity contribution in [3.8, 4) is 0 Å². The van der Waals surface area contributed by atoms with Gasteiger partial charge in [-0.25, -0.2) is 0 Å². The quantitative estimate of drug-likeness (QED) is 0.588. The van der Waals surface area contributed by atoms with E-state index < -0.39 is 0 Å². The SMILES string of the molecule is O=C(C1CCCC1)N(Cc1ccccc1Cl)C[C@H]1CC(c2ccc(Cl)cc2)=NO1. The van der Waals surface area contributed by atoms with Crippen LogP contribution in [0.4, 0.5) is 0 Å². The van der Waals surface area contributed by atoms with Crippen molar-refractivity contribution in [3.05, 3.63) is 69.7 Å². The van der Waals surface area contributed by atoms with Crippen molar-refractivity contribution in [3.63, 3.8) is 0 Å². The topological polar surface area (TPSA) is 41.9 Å². The molecule has 29 heavy (non-hydrogen) atoms. The molecule has 1 amide bonds. The van der Waals surface area contributed by atoms with Gasteiger partial charge in [0.2, 0.25) is 5.91 Å². The van der Waals surface area contributed by atoms with E-state index in [1.54, 1.807) is 0 Å². The zero-order valence-corrected chi connectivity index (χ0v) is 17.7. The van der Waals surface area contributed by atoms with Crippen LogP contribution in [0.2, 0.25) is 10.0 Å². The minimum Gasteiger partial charge on any atom is -0.390 e. The van der Waals surface area contributed by atoms with Crippen LogP contribution in [-0.2, 0) is 16.2 Å². The van der Waals surface area contributed by atoms with Gasteiger partial charge in [-0.1, -0.05) is 71.5 Å². The highest BCUT2D eigenvalue weighted by atomic mass is 35.5. The highest BCUT2D eigenvalue weighted by molar-refractivity contribution is 6.31. The molecule has 0 saturated heterocycles. The highest BCUT2D eigenvalue weighted by Gasteiger charge is 2.31. The number of halogens is 2. The molecule has 1 fully saturated rings. The van der Waals surface area contributed by atoms with E-state index in [1.165, 1.54) is 0 Å². The number of carbonyl (C=O) groups excluding carboxylic acids is 1. The van der Waals surface area contributed by atoms with Crippen molar-refractivity contribution in [2.45, 2.75) is 44.8 Å². The summed E-state index contributed by atoms with van der Waals surface area (Å²) in [4.78, 5) is 20.8. The third kappa shape index (κ3) is 4.93. The number of hydrogen-bond donors (Lipinski definition) is 0. The summed E-state index contributed by atoms with van der Waals surface area (Å²) in [6.07, 6.45) is 4.69. The molecule has 1 saturated carbocycles. The highest BCUT2D eigenvalue weighted by Crippen LogP contribution is 2.29. The lowest BCUT2D eigenvalue weighted by molar-refractivity contribution is -0.137. The Morgan fingerprint density at radius 3 is 2.52 bits per heavy atom. The van der Waals surface area contributed by atoms with Gasteiger partial charge in [0.1, 0.15) is 0 Å². The number of hydrogen-bond acceptors (Lipinski definition) is 3. The molecule has 6 heteroatoms. The molecule has 2 aromatic rings. The smallest absolute Gasteiger partial charge is 0.226 e. The van der Waals surface area contributed by atoms with Gasteiger partial charge in [-0.15, -0.1) is 0 Å². The van der Waals surface area contributed by atoms with E-state index in [0.717, 1.165) is 42.5 Å². The summed E-state index contributed by atoms with van der Waals surface area (Å²) in [5, 5.41) is 5.64. The van der Waals surface area contributed by atoms with Gasteiger partial charge in [0.25, 0.3) is 0 Å². The van der Waals surface area contributed by atoms with E-state index in [4.69, 9.17) is 28.0 Å². The standard InChI is InChI=1S/C23H24Cl2N2O2/c24-19-11-9-16(10-12-19)22-13-20(29-26-22)15-27(23(28)17-5-1-2-6-17)14-18-7-3-4-8-21(18)25/h3-4,7-12,17,20H,1-2,5-6,13-15H2/t20-/m1/s1. The summed E-state index contributed by atoms with van der Waals surface area (Å²) >= 11 is 12.3. The molecule has 1 heterocycles. The second kappa shape index (κ2) is 9.19. The summed E-state index contributed by atoms with van der Waals surface area (Å²) in [6.45, 7) is 0.992. The zero-order chi connectivity index (χ0) is 20.2. The Kier molecular flexibility index (Phi) is 6.41. The average Bonchev–Trinajstić information content (AvgIpc) is 3.41. The van der Waals surface area contributed by atoms with Gasteiger partial charge in [-0.3, -0.25) is 4.79 Å². The molecule has 0 spiro atoms. The fourth-order valence-electron chi connectivity index (χ4n) is 4.08. The molecule has 0 bridgehead atoms. The number of carbonyl (C=O) groups is 1. The molecule has 0 unspecified atom stereocenters. The van der Waals surface area contributed by atoms with Crippen LogP contribution in [0.15, 0.2) is 53.7 Å². The molecule has 1 aliphatic carbocycles. The van der Waals surface area contributed by atoms with Crippen LogP contribution in [0.1, 0.15) is 43.2 Å². The minimum atomic E-state index is -0.159. The third-order valence-electron chi connectivity index (χ3n) is 5.67. The summed E-state index contributed by atoms with van der Waals surface area (Å²) in [5.41, 5.74) is 2.84. The Morgan fingerprint density at radius 1 is 1.07 bits per heavy atom. The molecule has 1 aliphatic heterocycles. The Bertz CT molecular complexity index is 892. The van der Waals surface area contributed by atoms with Gasteiger partial charge < -0.3 is 9.74 Å². The third-order valence-corrected chi connectivity index (χ3v) is 6.29. The Morgan fingerprint density at radius 2 is 1.79 bits per heavy atom. The molecular formula is C23H24Cl2N2O2. The molecule has 4 nitrogen and oxygen atoms in total. The van der Waals surface area contributed by atoms with Crippen molar-refractivity contribution < 1.29 is 9.63 Å². The lowest BCUT2D eigenvalue weighted by Crippen LogP contribution is -2.40. The first-order valence-electron chi connectivity index (χ1n) is 10.1. The molecular weight excluding hydrogens is 407 g/mol. The summed E-state index contributed by atoms with van der Waals surface area (Å²) in [5.74, 6) is 0.307. The van der Waals surface area contributed by atoms with Crippen LogP contribution in [-0.4, -0.2) is 29.2 Å². The van der Waals surface area contributed by atoms with Crippen molar-refractivity contribution in [1.29, 1.82) is 0 Å². The lowest BCUT2D eigenvalue weighted by atomic mass is 10.0. The largest absolute Gasteiger partial charge is 0.390 e. The second-order valence-electron chi connectivity index (χ2n) is 7.77. The molecule has 4 rings (SSSR count). The average molecular weight is 431 g/mol. The predicted molar refractivity (Wildman–Crippen MR) is 116 cm³/mol. The van der Waals surface area contributed by atoms with Gasteiger partial charge in [-0.2, -0.15) is 0 Å². The van der Waals surface area contributed by atoms with Crippen LogP contribution in [0, 0.1) is 5.92 Å². The molecule has 0 aromatic heterocycles. The predicted octanol–water partition coefficient (Wildman–Crippen LogP) is 5.71. The molecule has 2 aromatic carbocycles. The van der Waals surface area contributed by atoms with E-state index in [1.807, 2.05) is 53.4 Å². The molecule has 2 aliphatic rings. The van der Waals surface area contributed by atoms with E-state index in [-0.39, 0.29) is 17.9 Å². The molecule has 0 N–H and O–H groups in total. The van der Waals surface area contributed by atoms with Gasteiger partial charge in [-0.05, 0) is 42.2 Å². The van der Waals surface area contributed by atoms with Gasteiger partial charge in [0.05, 0.1) is 12.3 Å². The maximum Gasteiger partial charge on any atom is 0.226 e. The van der Waals surface area contributed by atoms with Gasteiger partial charge in [0.15, 0.2) is 6.10 Å². The number of nitrogens with zero attached hydrogens (tertiary/aromatic N) is 2. The van der Waals surface area contributed by atoms with E-state index >= 15 is 0 Å². The van der Waals surface area contributed by atoms with E-state index in [0.29, 0.717) is 29.6 Å². The van der Waals surface area contributed by atoms with Gasteiger partial charge >= 0.3 is 0 Å². The lowest BCUT2D eigenvalue weighted by Gasteiger charge is -2.28. The Balaban J connectivity index is 1.46. The van der Waals surface area contributed by atoms with Crippen LogP contribution in [0.3, 0.4) is 0 Å². The number of rotatable bonds is 6. The van der Waals surface area contributed by atoms with Crippen LogP contribution >= 0.6 is 23.2 Å². The monoisotopic (exact) mass is 430 g/mol. The first-order chi connectivity index (χ1) is 14.1. The zero-order valence-electron chi connectivity index (χ0n) is 16.2. The van der Waals surface area contributed by atoms with E-state index in [2.05, 4.69) is 5.16 Å². The first-order valence-corrected chi connectivity index (χ1v) is 10.9. The van der Waals surface area contributed by atoms with Crippen LogP contribution in [0.5, 0.6) is 0 Å². The Labute approximate surface area is 181 Å². The molecule has 0 radical (unpaired) electrons. The maximum atomic E-state index is 13.2. The van der Waals surface area contributed by atoms with Gasteiger partial charge in [0, 0.05) is 28.9 Å². The normalized spacial score (nSPS) is 19.1. The van der Waals surface area contributed by atoms with Crippen LogP contribution in [0.25, 0.3) is 0 Å². The summed E-state index contributed by atoms with van der Waals surface area (Å²) in [6, 6.07) is 15.3. The van der Waals surface area contributed by atoms with Crippen molar-refractivity contribution in [2.75, 3.05) is 6.54 Å². The van der Waals surface area contributed by atoms with Crippen molar-refractivity contribution in [1.82, 2.24) is 4.90 Å². The second-order valence-corrected chi connectivity index (χ2v) is 8.61. The van der Waals surface area contributed by atoms with Crippen LogP contribution < -0.4 is 0 Å². The maximum absolute atomic E-state index is 13.2. The number of benzene rings is 2. The van der Waals surface area contributed by atoms with E-state index in [9.17, 15) is 4.79 Å². The fraction of sp³-hybridized carbons (Fsp3) is 0.391. The number of oxime groups is 1. The molecule has 1 atom stereocenters. The summed E-state index contributed by atoms with van der Waals surface area (Å²) < 4.78 is 0. The fourth-order valence-corrected chi connectivity index (χ4v) is 4.40. The Hall–Kier alpha value is -2.04. The molecule has 152 valence electrons. The van der Waals surface area contributed by atoms with Crippen molar-refractivity contribution in [2.24, 2.45) is 11.1 Å². The minimum absolute atomic E-state index is 0.107. The first kappa shape index (κ1) is 20.2. The summed E-state index contributed by atoms with van der Waals surface area (Å²) in [7, 11) is 0. The van der Waals surface area contributed by atoms with Crippen molar-refractivity contribution >= 4 is 34.8 Å².